The summed E-state index contributed by atoms with van der Waals surface area (Å²) in [6.07, 6.45) is 6.64. The van der Waals surface area contributed by atoms with Gasteiger partial charge in [0.2, 0.25) is 0 Å². The molecule has 1 heterocycles. The van der Waals surface area contributed by atoms with Crippen LogP contribution in [0.3, 0.4) is 0 Å². The van der Waals surface area contributed by atoms with Crippen molar-refractivity contribution < 1.29 is 4.79 Å². The first-order valence-corrected chi connectivity index (χ1v) is 6.52. The van der Waals surface area contributed by atoms with Crippen LogP contribution in [0.1, 0.15) is 40.0 Å². The highest BCUT2D eigenvalue weighted by Crippen LogP contribution is 2.47. The lowest BCUT2D eigenvalue weighted by atomic mass is 9.67. The van der Waals surface area contributed by atoms with Crippen molar-refractivity contribution in [2.75, 3.05) is 13.1 Å². The predicted octanol–water partition coefficient (Wildman–Crippen LogP) is 3.16. The molecule has 1 aliphatic heterocycles. The number of carbonyl (C=O) groups is 1. The van der Waals surface area contributed by atoms with Gasteiger partial charge in [-0.25, -0.2) is 0 Å². The van der Waals surface area contributed by atoms with Gasteiger partial charge in [-0.1, -0.05) is 26.0 Å². The molecule has 1 saturated heterocycles. The van der Waals surface area contributed by atoms with Crippen LogP contribution in [0, 0.1) is 10.8 Å². The van der Waals surface area contributed by atoms with Gasteiger partial charge in [-0.05, 0) is 32.3 Å². The third-order valence-electron chi connectivity index (χ3n) is 4.24. The third-order valence-corrected chi connectivity index (χ3v) is 4.24. The van der Waals surface area contributed by atoms with Crippen LogP contribution in [0.15, 0.2) is 23.9 Å². The van der Waals surface area contributed by atoms with E-state index in [1.165, 1.54) is 18.5 Å². The fraction of sp³-hybridized carbons (Fsp3) is 0.667. The van der Waals surface area contributed by atoms with E-state index in [0.29, 0.717) is 0 Å². The molecule has 2 aliphatic rings. The summed E-state index contributed by atoms with van der Waals surface area (Å²) in [7, 11) is 0. The number of hydrogen-bond donors (Lipinski definition) is 0. The Hall–Kier alpha value is -1.05. The second-order valence-corrected chi connectivity index (χ2v) is 6.29. The average Bonchev–Trinajstić information content (AvgIpc) is 2.76. The topological polar surface area (TPSA) is 20.3 Å². The Labute approximate surface area is 104 Å². The molecule has 0 amide bonds. The maximum Gasteiger partial charge on any atom is 0.133 e. The van der Waals surface area contributed by atoms with E-state index in [1.807, 2.05) is 6.92 Å². The molecule has 1 fully saturated rings. The van der Waals surface area contributed by atoms with Crippen LogP contribution < -0.4 is 0 Å². The number of carbonyl (C=O) groups excluding carboxylic acids is 1. The van der Waals surface area contributed by atoms with E-state index in [-0.39, 0.29) is 5.41 Å². The van der Waals surface area contributed by atoms with Crippen molar-refractivity contribution in [3.05, 3.63) is 23.9 Å². The number of aldehydes is 1. The minimum absolute atomic E-state index is 0.115. The molecule has 17 heavy (non-hydrogen) atoms. The Morgan fingerprint density at radius 1 is 1.29 bits per heavy atom. The molecule has 1 unspecified atom stereocenters. The lowest BCUT2D eigenvalue weighted by Gasteiger charge is -2.43. The van der Waals surface area contributed by atoms with E-state index in [2.05, 4.69) is 31.4 Å². The molecule has 0 saturated carbocycles. The third kappa shape index (κ3) is 2.05. The Morgan fingerprint density at radius 2 is 1.88 bits per heavy atom. The summed E-state index contributed by atoms with van der Waals surface area (Å²) in [5.74, 6) is 0. The minimum atomic E-state index is -0.465. The maximum absolute atomic E-state index is 11.3. The van der Waals surface area contributed by atoms with E-state index in [4.69, 9.17) is 0 Å². The zero-order valence-electron chi connectivity index (χ0n) is 11.3. The lowest BCUT2D eigenvalue weighted by molar-refractivity contribution is -0.112. The highest BCUT2D eigenvalue weighted by Gasteiger charge is 2.40. The Kier molecular flexibility index (Phi) is 2.92. The first-order valence-electron chi connectivity index (χ1n) is 6.52. The normalized spacial score (nSPS) is 32.5. The summed E-state index contributed by atoms with van der Waals surface area (Å²) < 4.78 is 0. The molecule has 0 aromatic rings. The van der Waals surface area contributed by atoms with Gasteiger partial charge < -0.3 is 9.69 Å². The summed E-state index contributed by atoms with van der Waals surface area (Å²) in [5.41, 5.74) is 2.04. The largest absolute Gasteiger partial charge is 0.375 e. The monoisotopic (exact) mass is 233 g/mol. The van der Waals surface area contributed by atoms with Crippen molar-refractivity contribution >= 4 is 6.29 Å². The van der Waals surface area contributed by atoms with Gasteiger partial charge in [0.25, 0.3) is 0 Å². The first kappa shape index (κ1) is 12.4. The second kappa shape index (κ2) is 4.01. The van der Waals surface area contributed by atoms with Crippen molar-refractivity contribution in [3.63, 3.8) is 0 Å². The molecule has 0 aromatic heterocycles. The standard InChI is InChI=1S/C15H23NO/c1-12-9-14(2,3)13(10-15(12,4)11-17)16-7-5-6-8-16/h10-11H,1,5-9H2,2-4H3. The molecule has 0 bridgehead atoms. The molecule has 1 atom stereocenters. The van der Waals surface area contributed by atoms with Gasteiger partial charge in [0, 0.05) is 24.2 Å². The van der Waals surface area contributed by atoms with Crippen LogP contribution in [0.2, 0.25) is 0 Å². The van der Waals surface area contributed by atoms with E-state index in [1.54, 1.807) is 0 Å². The van der Waals surface area contributed by atoms with Gasteiger partial charge in [-0.2, -0.15) is 0 Å². The molecule has 1 aliphatic carbocycles. The van der Waals surface area contributed by atoms with Crippen molar-refractivity contribution in [2.45, 2.75) is 40.0 Å². The van der Waals surface area contributed by atoms with Gasteiger partial charge >= 0.3 is 0 Å². The average molecular weight is 233 g/mol. The van der Waals surface area contributed by atoms with Crippen LogP contribution in [0.25, 0.3) is 0 Å². The quantitative estimate of drug-likeness (QED) is 0.539. The number of likely N-dealkylation sites (tertiary alicyclic amines) is 1. The van der Waals surface area contributed by atoms with E-state index in [0.717, 1.165) is 31.4 Å². The smallest absolute Gasteiger partial charge is 0.133 e. The van der Waals surface area contributed by atoms with Crippen LogP contribution in [-0.2, 0) is 4.79 Å². The molecule has 2 nitrogen and oxygen atoms in total. The van der Waals surface area contributed by atoms with Gasteiger partial charge in [-0.15, -0.1) is 0 Å². The zero-order valence-corrected chi connectivity index (χ0v) is 11.3. The fourth-order valence-corrected chi connectivity index (χ4v) is 2.99. The number of rotatable bonds is 2. The molecule has 94 valence electrons. The molecule has 0 radical (unpaired) electrons. The number of hydrogen-bond acceptors (Lipinski definition) is 2. The van der Waals surface area contributed by atoms with Crippen LogP contribution in [-0.4, -0.2) is 24.3 Å². The molecular weight excluding hydrogens is 210 g/mol. The number of allylic oxidation sites excluding steroid dienone is 3. The van der Waals surface area contributed by atoms with Crippen molar-refractivity contribution in [1.82, 2.24) is 4.90 Å². The molecule has 0 N–H and O–H groups in total. The summed E-state index contributed by atoms with van der Waals surface area (Å²) >= 11 is 0. The number of nitrogens with zero attached hydrogens (tertiary/aromatic N) is 1. The summed E-state index contributed by atoms with van der Waals surface area (Å²) in [5, 5.41) is 0. The van der Waals surface area contributed by atoms with Gasteiger partial charge in [0.1, 0.15) is 6.29 Å². The predicted molar refractivity (Wildman–Crippen MR) is 70.6 cm³/mol. The highest BCUT2D eigenvalue weighted by atomic mass is 16.1. The van der Waals surface area contributed by atoms with Crippen molar-refractivity contribution in [3.8, 4) is 0 Å². The molecule has 0 spiro atoms. The van der Waals surface area contributed by atoms with Crippen LogP contribution in [0.4, 0.5) is 0 Å². The summed E-state index contributed by atoms with van der Waals surface area (Å²) in [6.45, 7) is 12.9. The van der Waals surface area contributed by atoms with Crippen LogP contribution in [0.5, 0.6) is 0 Å². The molecule has 0 aromatic carbocycles. The first-order chi connectivity index (χ1) is 7.89. The van der Waals surface area contributed by atoms with Crippen molar-refractivity contribution in [1.29, 1.82) is 0 Å². The highest BCUT2D eigenvalue weighted by molar-refractivity contribution is 5.69. The van der Waals surface area contributed by atoms with E-state index in [9.17, 15) is 4.79 Å². The Bertz CT molecular complexity index is 374. The second-order valence-electron chi connectivity index (χ2n) is 6.29. The Morgan fingerprint density at radius 3 is 2.41 bits per heavy atom. The molecule has 2 rings (SSSR count). The zero-order chi connectivity index (χ0) is 12.7. The molecule has 2 heteroatoms. The van der Waals surface area contributed by atoms with Gasteiger partial charge in [0.15, 0.2) is 0 Å². The molecular formula is C15H23NO. The summed E-state index contributed by atoms with van der Waals surface area (Å²) in [4.78, 5) is 13.8. The van der Waals surface area contributed by atoms with Gasteiger partial charge in [-0.3, -0.25) is 0 Å². The van der Waals surface area contributed by atoms with E-state index >= 15 is 0 Å². The van der Waals surface area contributed by atoms with E-state index < -0.39 is 5.41 Å². The Balaban J connectivity index is 2.41. The summed E-state index contributed by atoms with van der Waals surface area (Å²) in [6, 6.07) is 0. The SMILES string of the molecule is C=C1CC(C)(C)C(N2CCCC2)=CC1(C)C=O. The lowest BCUT2D eigenvalue weighted by Crippen LogP contribution is -2.38. The van der Waals surface area contributed by atoms with Crippen LogP contribution >= 0.6 is 0 Å². The minimum Gasteiger partial charge on any atom is -0.375 e. The van der Waals surface area contributed by atoms with Gasteiger partial charge in [0.05, 0.1) is 5.41 Å². The maximum atomic E-state index is 11.3. The van der Waals surface area contributed by atoms with Crippen molar-refractivity contribution in [2.24, 2.45) is 10.8 Å². The fourth-order valence-electron chi connectivity index (χ4n) is 2.99.